The molecule has 1 heterocycles. The molecule has 0 amide bonds. The summed E-state index contributed by atoms with van der Waals surface area (Å²) in [4.78, 5) is 4.59. The second-order valence-electron chi connectivity index (χ2n) is 3.90. The lowest BCUT2D eigenvalue weighted by Gasteiger charge is -2.09. The van der Waals surface area contributed by atoms with E-state index in [4.69, 9.17) is 10.5 Å². The lowest BCUT2D eigenvalue weighted by atomic mass is 10.1. The number of anilines is 1. The van der Waals surface area contributed by atoms with E-state index >= 15 is 0 Å². The standard InChI is InChI=1S/C13H16N2O/c1-4-9-6-12(14)11-7-10(16-3)5-8(2)13(11)15-9/h5-7H,4H2,1-3H3,(H2,14,15). The maximum absolute atomic E-state index is 6.03. The van der Waals surface area contributed by atoms with Gasteiger partial charge < -0.3 is 10.5 Å². The lowest BCUT2D eigenvalue weighted by molar-refractivity contribution is 0.415. The number of nitrogens with zero attached hydrogens (tertiary/aromatic N) is 1. The van der Waals surface area contributed by atoms with E-state index in [0.29, 0.717) is 0 Å². The van der Waals surface area contributed by atoms with Crippen LogP contribution < -0.4 is 10.5 Å². The van der Waals surface area contributed by atoms with E-state index in [9.17, 15) is 0 Å². The molecule has 0 atom stereocenters. The van der Waals surface area contributed by atoms with Crippen molar-refractivity contribution in [1.29, 1.82) is 0 Å². The topological polar surface area (TPSA) is 48.1 Å². The van der Waals surface area contributed by atoms with Crippen LogP contribution in [0.5, 0.6) is 5.75 Å². The van der Waals surface area contributed by atoms with Crippen LogP contribution in [0.2, 0.25) is 0 Å². The van der Waals surface area contributed by atoms with Gasteiger partial charge in [0.25, 0.3) is 0 Å². The molecule has 2 aromatic rings. The van der Waals surface area contributed by atoms with Gasteiger partial charge in [-0.15, -0.1) is 0 Å². The molecule has 0 radical (unpaired) electrons. The van der Waals surface area contributed by atoms with E-state index < -0.39 is 0 Å². The summed E-state index contributed by atoms with van der Waals surface area (Å²) in [7, 11) is 1.66. The minimum Gasteiger partial charge on any atom is -0.497 e. The summed E-state index contributed by atoms with van der Waals surface area (Å²) in [5.41, 5.74) is 9.89. The number of hydrogen-bond acceptors (Lipinski definition) is 3. The number of benzene rings is 1. The van der Waals surface area contributed by atoms with E-state index in [-0.39, 0.29) is 0 Å². The fraction of sp³-hybridized carbons (Fsp3) is 0.308. The van der Waals surface area contributed by atoms with E-state index in [0.717, 1.165) is 40.0 Å². The molecule has 2 rings (SSSR count). The van der Waals surface area contributed by atoms with Crippen molar-refractivity contribution in [2.45, 2.75) is 20.3 Å². The first-order valence-electron chi connectivity index (χ1n) is 5.39. The second-order valence-corrected chi connectivity index (χ2v) is 3.90. The zero-order valence-corrected chi connectivity index (χ0v) is 9.87. The van der Waals surface area contributed by atoms with Crippen LogP contribution in [0.1, 0.15) is 18.2 Å². The second kappa shape index (κ2) is 4.00. The molecule has 16 heavy (non-hydrogen) atoms. The highest BCUT2D eigenvalue weighted by molar-refractivity contribution is 5.93. The van der Waals surface area contributed by atoms with Crippen molar-refractivity contribution in [3.05, 3.63) is 29.5 Å². The Balaban J connectivity index is 2.78. The van der Waals surface area contributed by atoms with E-state index in [2.05, 4.69) is 11.9 Å². The van der Waals surface area contributed by atoms with Crippen LogP contribution in [0.4, 0.5) is 5.69 Å². The van der Waals surface area contributed by atoms with Crippen molar-refractivity contribution in [3.63, 3.8) is 0 Å². The predicted octanol–water partition coefficient (Wildman–Crippen LogP) is 2.70. The number of aryl methyl sites for hydroxylation is 2. The molecule has 0 fully saturated rings. The Hall–Kier alpha value is -1.77. The average Bonchev–Trinajstić information content (AvgIpc) is 2.29. The fourth-order valence-corrected chi connectivity index (χ4v) is 1.85. The number of pyridine rings is 1. The molecule has 84 valence electrons. The highest BCUT2D eigenvalue weighted by atomic mass is 16.5. The Bertz CT molecular complexity index is 486. The molecule has 2 N–H and O–H groups in total. The number of rotatable bonds is 2. The highest BCUT2D eigenvalue weighted by Gasteiger charge is 2.07. The fourth-order valence-electron chi connectivity index (χ4n) is 1.85. The van der Waals surface area contributed by atoms with Crippen LogP contribution in [0.15, 0.2) is 18.2 Å². The maximum atomic E-state index is 6.03. The van der Waals surface area contributed by atoms with Crippen LogP contribution in [-0.4, -0.2) is 12.1 Å². The first kappa shape index (κ1) is 10.7. The number of hydrogen-bond donors (Lipinski definition) is 1. The van der Waals surface area contributed by atoms with Gasteiger partial charge in [0.15, 0.2) is 0 Å². The van der Waals surface area contributed by atoms with Crippen LogP contribution in [0.3, 0.4) is 0 Å². The third-order valence-corrected chi connectivity index (χ3v) is 2.76. The van der Waals surface area contributed by atoms with Crippen molar-refractivity contribution in [2.24, 2.45) is 0 Å². The molecule has 0 saturated carbocycles. The summed E-state index contributed by atoms with van der Waals surface area (Å²) in [5, 5.41) is 0.967. The van der Waals surface area contributed by atoms with Gasteiger partial charge in [0.2, 0.25) is 0 Å². The summed E-state index contributed by atoms with van der Waals surface area (Å²) in [6.07, 6.45) is 0.894. The summed E-state index contributed by atoms with van der Waals surface area (Å²) >= 11 is 0. The highest BCUT2D eigenvalue weighted by Crippen LogP contribution is 2.28. The van der Waals surface area contributed by atoms with Gasteiger partial charge in [0.05, 0.1) is 12.6 Å². The molecule has 0 aliphatic rings. The van der Waals surface area contributed by atoms with Gasteiger partial charge >= 0.3 is 0 Å². The van der Waals surface area contributed by atoms with Gasteiger partial charge in [-0.1, -0.05) is 6.92 Å². The van der Waals surface area contributed by atoms with Crippen molar-refractivity contribution >= 4 is 16.6 Å². The van der Waals surface area contributed by atoms with Crippen LogP contribution in [-0.2, 0) is 6.42 Å². The average molecular weight is 216 g/mol. The van der Waals surface area contributed by atoms with Gasteiger partial charge in [0, 0.05) is 16.8 Å². The van der Waals surface area contributed by atoms with Gasteiger partial charge in [-0.2, -0.15) is 0 Å². The first-order chi connectivity index (χ1) is 7.65. The number of nitrogens with two attached hydrogens (primary N) is 1. The molecule has 1 aromatic carbocycles. The monoisotopic (exact) mass is 216 g/mol. The molecule has 3 heteroatoms. The lowest BCUT2D eigenvalue weighted by Crippen LogP contribution is -1.97. The third kappa shape index (κ3) is 1.69. The van der Waals surface area contributed by atoms with Crippen molar-refractivity contribution in [1.82, 2.24) is 4.98 Å². The summed E-state index contributed by atoms with van der Waals surface area (Å²) in [6.45, 7) is 4.10. The SMILES string of the molecule is CCc1cc(N)c2cc(OC)cc(C)c2n1. The van der Waals surface area contributed by atoms with Crippen molar-refractivity contribution in [2.75, 3.05) is 12.8 Å². The summed E-state index contributed by atoms with van der Waals surface area (Å²) in [6, 6.07) is 5.85. The Morgan fingerprint density at radius 1 is 1.31 bits per heavy atom. The smallest absolute Gasteiger partial charge is 0.119 e. The number of ether oxygens (including phenoxy) is 1. The van der Waals surface area contributed by atoms with Crippen LogP contribution in [0, 0.1) is 6.92 Å². The first-order valence-corrected chi connectivity index (χ1v) is 5.39. The molecule has 0 aliphatic heterocycles. The molecule has 1 aromatic heterocycles. The Kier molecular flexibility index (Phi) is 2.69. The zero-order chi connectivity index (χ0) is 11.7. The maximum Gasteiger partial charge on any atom is 0.119 e. The molecule has 0 spiro atoms. The number of nitrogen functional groups attached to an aromatic ring is 1. The molecule has 0 aliphatic carbocycles. The van der Waals surface area contributed by atoms with Gasteiger partial charge in [-0.05, 0) is 37.1 Å². The van der Waals surface area contributed by atoms with Crippen LogP contribution >= 0.6 is 0 Å². The molecule has 0 unspecified atom stereocenters. The number of aromatic nitrogens is 1. The Labute approximate surface area is 95.2 Å². The summed E-state index contributed by atoms with van der Waals surface area (Å²) < 4.78 is 5.23. The Morgan fingerprint density at radius 3 is 2.69 bits per heavy atom. The molecular weight excluding hydrogens is 200 g/mol. The van der Waals surface area contributed by atoms with E-state index in [1.807, 2.05) is 25.1 Å². The van der Waals surface area contributed by atoms with Gasteiger partial charge in [-0.3, -0.25) is 4.98 Å². The van der Waals surface area contributed by atoms with Crippen molar-refractivity contribution < 1.29 is 4.74 Å². The predicted molar refractivity (Wildman–Crippen MR) is 66.8 cm³/mol. The van der Waals surface area contributed by atoms with E-state index in [1.165, 1.54) is 0 Å². The number of fused-ring (bicyclic) bond motifs is 1. The summed E-state index contributed by atoms with van der Waals surface area (Å²) in [5.74, 6) is 0.822. The minimum absolute atomic E-state index is 0.767. The molecule has 3 nitrogen and oxygen atoms in total. The van der Waals surface area contributed by atoms with Gasteiger partial charge in [0.1, 0.15) is 5.75 Å². The molecule has 0 saturated heterocycles. The molecular formula is C13H16N2O. The molecule has 0 bridgehead atoms. The van der Waals surface area contributed by atoms with E-state index in [1.54, 1.807) is 7.11 Å². The quantitative estimate of drug-likeness (QED) is 0.839. The van der Waals surface area contributed by atoms with Crippen molar-refractivity contribution in [3.8, 4) is 5.75 Å². The largest absolute Gasteiger partial charge is 0.497 e. The normalized spacial score (nSPS) is 10.7. The van der Waals surface area contributed by atoms with Gasteiger partial charge in [-0.25, -0.2) is 0 Å². The zero-order valence-electron chi connectivity index (χ0n) is 9.87. The third-order valence-electron chi connectivity index (χ3n) is 2.76. The van der Waals surface area contributed by atoms with Crippen LogP contribution in [0.25, 0.3) is 10.9 Å². The Morgan fingerprint density at radius 2 is 2.06 bits per heavy atom. The minimum atomic E-state index is 0.767. The number of methoxy groups -OCH3 is 1.